The van der Waals surface area contributed by atoms with E-state index in [0.717, 1.165) is 30.8 Å². The molecule has 0 bridgehead atoms. The van der Waals surface area contributed by atoms with Crippen LogP contribution in [0.25, 0.3) is 11.1 Å². The van der Waals surface area contributed by atoms with Crippen LogP contribution in [0, 0.1) is 5.82 Å². The van der Waals surface area contributed by atoms with Gasteiger partial charge in [-0.3, -0.25) is 0 Å². The number of hydrogen-bond donors (Lipinski definition) is 1. The zero-order chi connectivity index (χ0) is 11.8. The second-order valence-electron chi connectivity index (χ2n) is 4.75. The van der Waals surface area contributed by atoms with Crippen molar-refractivity contribution in [1.29, 1.82) is 0 Å². The summed E-state index contributed by atoms with van der Waals surface area (Å²) in [6, 6.07) is 5.03. The summed E-state index contributed by atoms with van der Waals surface area (Å²) in [7, 11) is 0. The second kappa shape index (κ2) is 4.11. The van der Waals surface area contributed by atoms with E-state index in [2.05, 4.69) is 17.2 Å². The van der Waals surface area contributed by atoms with Gasteiger partial charge in [0, 0.05) is 24.6 Å². The lowest BCUT2D eigenvalue weighted by Crippen LogP contribution is -2.35. The van der Waals surface area contributed by atoms with Gasteiger partial charge in [0.25, 0.3) is 0 Å². The van der Waals surface area contributed by atoms with Crippen molar-refractivity contribution >= 4 is 11.1 Å². The molecular formula is C13H15FN2O. The molecule has 1 aromatic carbocycles. The van der Waals surface area contributed by atoms with Crippen LogP contribution in [0.15, 0.2) is 22.6 Å². The third-order valence-electron chi connectivity index (χ3n) is 3.38. The normalized spacial score (nSPS) is 25.3. The van der Waals surface area contributed by atoms with Gasteiger partial charge in [0.15, 0.2) is 11.5 Å². The molecule has 0 radical (unpaired) electrons. The molecule has 1 N–H and O–H groups in total. The van der Waals surface area contributed by atoms with Crippen molar-refractivity contribution < 1.29 is 8.81 Å². The summed E-state index contributed by atoms with van der Waals surface area (Å²) in [5.74, 6) is 0.752. The minimum Gasteiger partial charge on any atom is -0.440 e. The van der Waals surface area contributed by atoms with Crippen LogP contribution >= 0.6 is 0 Å². The summed E-state index contributed by atoms with van der Waals surface area (Å²) in [6.07, 6.45) is 2.20. The molecule has 90 valence electrons. The Morgan fingerprint density at radius 3 is 3.06 bits per heavy atom. The zero-order valence-corrected chi connectivity index (χ0v) is 9.74. The summed E-state index contributed by atoms with van der Waals surface area (Å²) >= 11 is 0. The van der Waals surface area contributed by atoms with Gasteiger partial charge < -0.3 is 9.73 Å². The first-order valence-corrected chi connectivity index (χ1v) is 6.02. The van der Waals surface area contributed by atoms with Crippen LogP contribution in [-0.4, -0.2) is 17.6 Å². The predicted octanol–water partition coefficient (Wildman–Crippen LogP) is 2.82. The Morgan fingerprint density at radius 1 is 1.41 bits per heavy atom. The number of nitrogens with one attached hydrogen (secondary N) is 1. The molecule has 0 spiro atoms. The lowest BCUT2D eigenvalue weighted by atomic mass is 9.95. The first kappa shape index (κ1) is 10.7. The van der Waals surface area contributed by atoms with Crippen LogP contribution in [0.5, 0.6) is 0 Å². The fourth-order valence-electron chi connectivity index (χ4n) is 2.30. The summed E-state index contributed by atoms with van der Waals surface area (Å²) < 4.78 is 18.7. The van der Waals surface area contributed by atoms with Crippen LogP contribution in [0.3, 0.4) is 0 Å². The topological polar surface area (TPSA) is 38.1 Å². The molecule has 0 saturated carbocycles. The van der Waals surface area contributed by atoms with E-state index < -0.39 is 0 Å². The Morgan fingerprint density at radius 2 is 2.29 bits per heavy atom. The van der Waals surface area contributed by atoms with Gasteiger partial charge >= 0.3 is 0 Å². The van der Waals surface area contributed by atoms with Crippen molar-refractivity contribution in [3.8, 4) is 0 Å². The average molecular weight is 234 g/mol. The Bertz CT molecular complexity index is 529. The van der Waals surface area contributed by atoms with E-state index in [0.29, 0.717) is 17.5 Å². The first-order chi connectivity index (χ1) is 8.22. The number of oxazole rings is 1. The van der Waals surface area contributed by atoms with Gasteiger partial charge in [0.05, 0.1) is 0 Å². The van der Waals surface area contributed by atoms with Crippen LogP contribution < -0.4 is 5.32 Å². The van der Waals surface area contributed by atoms with E-state index in [1.807, 2.05) is 0 Å². The lowest BCUT2D eigenvalue weighted by molar-refractivity contribution is 0.342. The number of benzene rings is 1. The maximum atomic E-state index is 13.0. The molecule has 1 aromatic heterocycles. The number of fused-ring (bicyclic) bond motifs is 1. The highest BCUT2D eigenvalue weighted by Gasteiger charge is 2.23. The maximum absolute atomic E-state index is 13.0. The Balaban J connectivity index is 1.90. The number of hydrogen-bond acceptors (Lipinski definition) is 3. The molecule has 1 fully saturated rings. The van der Waals surface area contributed by atoms with E-state index in [4.69, 9.17) is 4.42 Å². The smallest absolute Gasteiger partial charge is 0.199 e. The van der Waals surface area contributed by atoms with Crippen LogP contribution in [0.2, 0.25) is 0 Å². The Hall–Kier alpha value is -1.42. The fraction of sp³-hybridized carbons (Fsp3) is 0.462. The number of aromatic nitrogens is 1. The minimum absolute atomic E-state index is 0.282. The fourth-order valence-corrected chi connectivity index (χ4v) is 2.30. The average Bonchev–Trinajstić information content (AvgIpc) is 2.72. The maximum Gasteiger partial charge on any atom is 0.199 e. The van der Waals surface area contributed by atoms with Gasteiger partial charge in [-0.05, 0) is 31.9 Å². The highest BCUT2D eigenvalue weighted by Crippen LogP contribution is 2.27. The van der Waals surface area contributed by atoms with E-state index in [9.17, 15) is 4.39 Å². The van der Waals surface area contributed by atoms with Crippen LogP contribution in [0.4, 0.5) is 4.39 Å². The molecule has 0 amide bonds. The molecule has 1 aliphatic rings. The second-order valence-corrected chi connectivity index (χ2v) is 4.75. The van der Waals surface area contributed by atoms with Gasteiger partial charge in [-0.25, -0.2) is 9.37 Å². The molecule has 3 nitrogen and oxygen atoms in total. The first-order valence-electron chi connectivity index (χ1n) is 6.02. The Labute approximate surface area is 99.0 Å². The van der Waals surface area contributed by atoms with Crippen molar-refractivity contribution in [3.63, 3.8) is 0 Å². The summed E-state index contributed by atoms with van der Waals surface area (Å²) in [5.41, 5.74) is 1.28. The number of halogens is 1. The predicted molar refractivity (Wildman–Crippen MR) is 63.4 cm³/mol. The lowest BCUT2D eigenvalue weighted by Gasteiger charge is -2.25. The molecule has 3 rings (SSSR count). The Kier molecular flexibility index (Phi) is 2.59. The van der Waals surface area contributed by atoms with Crippen LogP contribution in [0.1, 0.15) is 31.6 Å². The zero-order valence-electron chi connectivity index (χ0n) is 9.74. The molecule has 17 heavy (non-hydrogen) atoms. The molecule has 1 aliphatic heterocycles. The molecule has 2 heterocycles. The molecule has 0 aliphatic carbocycles. The highest BCUT2D eigenvalue weighted by atomic mass is 19.1. The van der Waals surface area contributed by atoms with Gasteiger partial charge in [-0.2, -0.15) is 0 Å². The largest absolute Gasteiger partial charge is 0.440 e. The van der Waals surface area contributed by atoms with Crippen molar-refractivity contribution in [2.24, 2.45) is 0 Å². The number of piperidine rings is 1. The van der Waals surface area contributed by atoms with E-state index in [1.54, 1.807) is 6.07 Å². The molecule has 1 unspecified atom stereocenters. The van der Waals surface area contributed by atoms with Gasteiger partial charge in [0.2, 0.25) is 0 Å². The summed E-state index contributed by atoms with van der Waals surface area (Å²) in [4.78, 5) is 4.43. The van der Waals surface area contributed by atoms with Gasteiger partial charge in [-0.1, -0.05) is 0 Å². The molecule has 1 saturated heterocycles. The number of rotatable bonds is 1. The van der Waals surface area contributed by atoms with E-state index in [1.165, 1.54) is 12.1 Å². The minimum atomic E-state index is -0.282. The van der Waals surface area contributed by atoms with Crippen molar-refractivity contribution in [1.82, 2.24) is 10.3 Å². The van der Waals surface area contributed by atoms with Crippen LogP contribution in [-0.2, 0) is 0 Å². The van der Waals surface area contributed by atoms with Crippen molar-refractivity contribution in [3.05, 3.63) is 29.9 Å². The highest BCUT2D eigenvalue weighted by molar-refractivity contribution is 5.72. The van der Waals surface area contributed by atoms with Gasteiger partial charge in [0.1, 0.15) is 11.3 Å². The summed E-state index contributed by atoms with van der Waals surface area (Å²) in [6.45, 7) is 3.06. The third-order valence-corrected chi connectivity index (χ3v) is 3.38. The third kappa shape index (κ3) is 2.05. The molecular weight excluding hydrogens is 219 g/mol. The summed E-state index contributed by atoms with van der Waals surface area (Å²) in [5, 5.41) is 3.41. The van der Waals surface area contributed by atoms with Gasteiger partial charge in [-0.15, -0.1) is 0 Å². The van der Waals surface area contributed by atoms with Crippen molar-refractivity contribution in [2.45, 2.75) is 31.7 Å². The van der Waals surface area contributed by atoms with E-state index >= 15 is 0 Å². The molecule has 4 heteroatoms. The van der Waals surface area contributed by atoms with Crippen molar-refractivity contribution in [2.75, 3.05) is 6.54 Å². The SMILES string of the molecule is C[C@@H]1CCC(c2nc3ccc(F)cc3o2)CN1. The standard InChI is InChI=1S/C13H15FN2O/c1-8-2-3-9(7-15-8)13-16-11-5-4-10(14)6-12(11)17-13/h4-6,8-9,15H,2-3,7H2,1H3/t8-,9?/m1/s1. The molecule has 2 atom stereocenters. The monoisotopic (exact) mass is 234 g/mol. The number of nitrogens with zero attached hydrogens (tertiary/aromatic N) is 1. The van der Waals surface area contributed by atoms with E-state index in [-0.39, 0.29) is 5.82 Å². The quantitative estimate of drug-likeness (QED) is 0.824. The molecule has 2 aromatic rings.